The second kappa shape index (κ2) is 18.6. The van der Waals surface area contributed by atoms with Gasteiger partial charge in [0.1, 0.15) is 5.92 Å². The molecule has 0 bridgehead atoms. The van der Waals surface area contributed by atoms with Crippen molar-refractivity contribution in [3.8, 4) is 0 Å². The summed E-state index contributed by atoms with van der Waals surface area (Å²) in [4.78, 5) is 76.6. The summed E-state index contributed by atoms with van der Waals surface area (Å²) in [5.41, 5.74) is 0.193. The molecule has 12 unspecified atom stereocenters. The van der Waals surface area contributed by atoms with Crippen LogP contribution in [0.1, 0.15) is 105 Å². The summed E-state index contributed by atoms with van der Waals surface area (Å²) in [5.74, 6) is -11.3. The highest BCUT2D eigenvalue weighted by atomic mass is 16.6. The Labute approximate surface area is 342 Å². The average Bonchev–Trinajstić information content (AvgIpc) is 3.15. The van der Waals surface area contributed by atoms with Crippen molar-refractivity contribution < 1.29 is 67.8 Å². The number of carboxylic acid groups (broad SMARTS) is 2. The van der Waals surface area contributed by atoms with Gasteiger partial charge < -0.3 is 39.0 Å². The molecule has 12 atom stereocenters. The number of rotatable bonds is 17. The minimum absolute atomic E-state index is 0.00634. The van der Waals surface area contributed by atoms with Crippen LogP contribution in [0.3, 0.4) is 0 Å². The Balaban J connectivity index is 1.56. The molecule has 0 amide bonds. The number of ether oxygens (including phenoxy) is 5. The Kier molecular flexibility index (Phi) is 15.1. The van der Waals surface area contributed by atoms with Crippen LogP contribution in [0.4, 0.5) is 0 Å². The maximum absolute atomic E-state index is 14.2. The molecule has 0 saturated heterocycles. The van der Waals surface area contributed by atoms with Crippen LogP contribution in [0, 0.1) is 63.1 Å². The smallest absolute Gasteiger partial charge is 0.336 e. The van der Waals surface area contributed by atoms with Crippen molar-refractivity contribution in [2.45, 2.75) is 111 Å². The predicted octanol–water partition coefficient (Wildman–Crippen LogP) is 5.78. The fourth-order valence-electron chi connectivity index (χ4n) is 11.8. The molecule has 4 saturated carbocycles. The van der Waals surface area contributed by atoms with Crippen molar-refractivity contribution in [2.75, 3.05) is 40.6 Å². The number of carbonyl (C=O) groups is 6. The normalized spacial score (nSPS) is 34.2. The van der Waals surface area contributed by atoms with Gasteiger partial charge in [0.25, 0.3) is 0 Å². The van der Waals surface area contributed by atoms with Crippen LogP contribution in [-0.4, -0.2) is 97.9 Å². The molecule has 0 spiro atoms. The number of aliphatic hydroxyl groups excluding tert-OH is 1. The minimum atomic E-state index is -1.71. The quantitative estimate of drug-likeness (QED) is 0.0688. The van der Waals surface area contributed by atoms with E-state index in [0.717, 1.165) is 70.3 Å². The van der Waals surface area contributed by atoms with E-state index >= 15 is 0 Å². The fraction of sp³-hybridized carbons (Fsp3) is 0.773. The molecule has 14 nitrogen and oxygen atoms in total. The first-order valence-corrected chi connectivity index (χ1v) is 20.7. The number of esters is 4. The summed E-state index contributed by atoms with van der Waals surface area (Å²) in [6.45, 7) is 18.3. The summed E-state index contributed by atoms with van der Waals surface area (Å²) < 4.78 is 27.8. The lowest BCUT2D eigenvalue weighted by atomic mass is 9.47. The SMILES string of the molecule is C=C1CCC2C(C)(COC(=O)C(C)C(C(=O)O)C(=O)OC)CCCC2(C)C1COC(C(=O)OCC1(C)CCCC2(C)C(CO)C(=C)CCC12)C(CC(=O)O)C(=O)OC. The van der Waals surface area contributed by atoms with E-state index < -0.39 is 82.3 Å². The van der Waals surface area contributed by atoms with Crippen molar-refractivity contribution in [2.24, 2.45) is 63.1 Å². The maximum Gasteiger partial charge on any atom is 0.336 e. The van der Waals surface area contributed by atoms with Crippen LogP contribution in [0.5, 0.6) is 0 Å². The molecule has 4 aliphatic rings. The van der Waals surface area contributed by atoms with Gasteiger partial charge in [0.05, 0.1) is 53.0 Å². The van der Waals surface area contributed by atoms with Gasteiger partial charge in [-0.05, 0) is 74.0 Å². The van der Waals surface area contributed by atoms with Crippen molar-refractivity contribution >= 4 is 35.8 Å². The van der Waals surface area contributed by atoms with Crippen molar-refractivity contribution in [1.29, 1.82) is 0 Å². The van der Waals surface area contributed by atoms with Crippen LogP contribution in [0.15, 0.2) is 24.3 Å². The topological polar surface area (TPSA) is 209 Å². The number of methoxy groups -OCH3 is 2. The Morgan fingerprint density at radius 1 is 0.724 bits per heavy atom. The predicted molar refractivity (Wildman–Crippen MR) is 210 cm³/mol. The molecule has 0 aromatic carbocycles. The fourth-order valence-corrected chi connectivity index (χ4v) is 11.8. The minimum Gasteiger partial charge on any atom is -0.481 e. The molecule has 0 aromatic rings. The second-order valence-corrected chi connectivity index (χ2v) is 18.6. The van der Waals surface area contributed by atoms with Crippen molar-refractivity contribution in [1.82, 2.24) is 0 Å². The zero-order chi connectivity index (χ0) is 43.4. The summed E-state index contributed by atoms with van der Waals surface area (Å²) in [6.07, 6.45) is 5.35. The number of carboxylic acids is 2. The van der Waals surface area contributed by atoms with E-state index in [1.807, 2.05) is 6.92 Å². The highest BCUT2D eigenvalue weighted by Crippen LogP contribution is 2.62. The molecule has 0 aromatic heterocycles. The number of carbonyl (C=O) groups excluding carboxylic acids is 4. The van der Waals surface area contributed by atoms with Gasteiger partial charge in [-0.2, -0.15) is 0 Å². The molecule has 14 heteroatoms. The Morgan fingerprint density at radius 3 is 1.67 bits per heavy atom. The van der Waals surface area contributed by atoms with Gasteiger partial charge in [0.15, 0.2) is 12.0 Å². The molecule has 3 N–H and O–H groups in total. The Bertz CT molecular complexity index is 1610. The van der Waals surface area contributed by atoms with Gasteiger partial charge in [0.2, 0.25) is 0 Å². The first-order chi connectivity index (χ1) is 27.1. The Morgan fingerprint density at radius 2 is 1.21 bits per heavy atom. The molecular formula is C44H66O14. The molecular weight excluding hydrogens is 752 g/mol. The lowest BCUT2D eigenvalue weighted by Gasteiger charge is -2.58. The molecule has 4 rings (SSSR count). The van der Waals surface area contributed by atoms with Crippen LogP contribution in [0.2, 0.25) is 0 Å². The molecule has 4 fully saturated rings. The highest BCUT2D eigenvalue weighted by Gasteiger charge is 2.57. The number of hydrogen-bond acceptors (Lipinski definition) is 12. The summed E-state index contributed by atoms with van der Waals surface area (Å²) in [5, 5.41) is 29.8. The first-order valence-electron chi connectivity index (χ1n) is 20.7. The molecule has 0 aliphatic heterocycles. The molecule has 0 radical (unpaired) electrons. The van der Waals surface area contributed by atoms with Crippen LogP contribution in [0.25, 0.3) is 0 Å². The number of hydrogen-bond donors (Lipinski definition) is 3. The van der Waals surface area contributed by atoms with Gasteiger partial charge >= 0.3 is 35.8 Å². The third kappa shape index (κ3) is 9.32. The number of aliphatic hydroxyl groups is 1. The van der Waals surface area contributed by atoms with E-state index in [-0.39, 0.29) is 55.5 Å². The zero-order valence-corrected chi connectivity index (χ0v) is 35.5. The number of aliphatic carboxylic acids is 2. The van der Waals surface area contributed by atoms with E-state index in [1.54, 1.807) is 0 Å². The first kappa shape index (κ1) is 46.9. The Hall–Kier alpha value is -3.78. The van der Waals surface area contributed by atoms with Crippen LogP contribution in [-0.2, 0) is 52.5 Å². The molecule has 4 aliphatic carbocycles. The van der Waals surface area contributed by atoms with Gasteiger partial charge in [-0.1, -0.05) is 71.8 Å². The summed E-state index contributed by atoms with van der Waals surface area (Å²) in [6, 6.07) is 0. The van der Waals surface area contributed by atoms with Gasteiger partial charge in [-0.3, -0.25) is 24.0 Å². The lowest BCUT2D eigenvalue weighted by Crippen LogP contribution is -2.54. The summed E-state index contributed by atoms with van der Waals surface area (Å²) >= 11 is 0. The lowest BCUT2D eigenvalue weighted by molar-refractivity contribution is -0.183. The van der Waals surface area contributed by atoms with E-state index in [0.29, 0.717) is 19.3 Å². The van der Waals surface area contributed by atoms with Gasteiger partial charge in [-0.15, -0.1) is 0 Å². The molecule has 326 valence electrons. The highest BCUT2D eigenvalue weighted by molar-refractivity contribution is 5.98. The van der Waals surface area contributed by atoms with Crippen LogP contribution >= 0.6 is 0 Å². The third-order valence-electron chi connectivity index (χ3n) is 15.1. The third-order valence-corrected chi connectivity index (χ3v) is 15.1. The maximum atomic E-state index is 14.2. The van der Waals surface area contributed by atoms with Crippen LogP contribution < -0.4 is 0 Å². The van der Waals surface area contributed by atoms with E-state index in [1.165, 1.54) is 6.92 Å². The van der Waals surface area contributed by atoms with Crippen molar-refractivity contribution in [3.63, 3.8) is 0 Å². The number of fused-ring (bicyclic) bond motifs is 2. The van der Waals surface area contributed by atoms with Gasteiger partial charge in [-0.25, -0.2) is 4.79 Å². The largest absolute Gasteiger partial charge is 0.481 e. The van der Waals surface area contributed by atoms with E-state index in [4.69, 9.17) is 18.9 Å². The van der Waals surface area contributed by atoms with E-state index in [9.17, 15) is 44.1 Å². The standard InChI is InChI=1S/C44H66O14/c1-25-12-14-31-42(5,16-10-18-43(31,6)29(25)21-45)24-58-40(53)35(28(20-33(46)47)38(51)54-8)56-22-30-26(2)13-15-32-41(4,17-11-19-44(30,32)7)23-57-37(50)27(3)34(36(48)49)39(52)55-9/h27-32,34-35,45H,1-2,10-24H2,3-9H3,(H,46,47)(H,48,49). The molecule has 58 heavy (non-hydrogen) atoms. The monoisotopic (exact) mass is 818 g/mol. The van der Waals surface area contributed by atoms with Gasteiger partial charge in [0, 0.05) is 22.7 Å². The average molecular weight is 819 g/mol. The van der Waals surface area contributed by atoms with Crippen molar-refractivity contribution in [3.05, 3.63) is 24.3 Å². The zero-order valence-electron chi connectivity index (χ0n) is 35.5. The second-order valence-electron chi connectivity index (χ2n) is 18.6. The molecule has 0 heterocycles. The summed E-state index contributed by atoms with van der Waals surface area (Å²) in [7, 11) is 2.18. The van der Waals surface area contributed by atoms with E-state index in [2.05, 4.69) is 38.7 Å².